The fraction of sp³-hybridized carbons (Fsp3) is 0.800. The van der Waals surface area contributed by atoms with Crippen LogP contribution in [0.1, 0.15) is 0 Å². The minimum atomic E-state index is 0.569. The Labute approximate surface area is 142 Å². The number of anilines is 2. The van der Waals surface area contributed by atoms with Gasteiger partial charge in [-0.25, -0.2) is 0 Å². The zero-order chi connectivity index (χ0) is 16.5. The van der Waals surface area contributed by atoms with Crippen molar-refractivity contribution in [3.8, 4) is 0 Å². The molecule has 0 bridgehead atoms. The van der Waals surface area contributed by atoms with Gasteiger partial charge in [-0.05, 0) is 0 Å². The minimum Gasteiger partial charge on any atom is -0.379 e. The first kappa shape index (κ1) is 17.3. The monoisotopic (exact) mass is 337 g/mol. The first-order chi connectivity index (χ1) is 11.9. The Hall–Kier alpha value is -1.55. The smallest absolute Gasteiger partial charge is 0.244 e. The normalized spacial score (nSPS) is 20.0. The van der Waals surface area contributed by atoms with Gasteiger partial charge in [0.1, 0.15) is 0 Å². The highest BCUT2D eigenvalue weighted by atomic mass is 16.5. The lowest BCUT2D eigenvalue weighted by Gasteiger charge is -2.26. The number of hydrogen-bond donors (Lipinski definition) is 2. The molecule has 0 amide bonds. The number of nitrogens with one attached hydrogen (secondary N) is 2. The standard InChI is InChI=1S/C15H27N7O2/c1(3-21-5-9-23-10-6-21)16-14-13-18-20-15(19-14)17-2-4-22-7-11-24-12-8-22/h13H,1-12H2,(H2,16,17,19,20). The van der Waals surface area contributed by atoms with Crippen molar-refractivity contribution in [2.75, 3.05) is 89.4 Å². The molecule has 1 aromatic rings. The molecule has 0 radical (unpaired) electrons. The van der Waals surface area contributed by atoms with Crippen molar-refractivity contribution in [1.82, 2.24) is 25.0 Å². The van der Waals surface area contributed by atoms with E-state index >= 15 is 0 Å². The molecule has 2 aliphatic heterocycles. The Bertz CT molecular complexity index is 439. The van der Waals surface area contributed by atoms with Crippen LogP contribution in [0.3, 0.4) is 0 Å². The molecule has 0 aromatic carbocycles. The molecular weight excluding hydrogens is 310 g/mol. The Morgan fingerprint density at radius 2 is 1.46 bits per heavy atom. The molecule has 2 N–H and O–H groups in total. The first-order valence-electron chi connectivity index (χ1n) is 8.68. The Morgan fingerprint density at radius 3 is 2.08 bits per heavy atom. The van der Waals surface area contributed by atoms with E-state index in [1.165, 1.54) is 0 Å². The lowest BCUT2D eigenvalue weighted by Crippen LogP contribution is -2.39. The summed E-state index contributed by atoms with van der Waals surface area (Å²) in [5.74, 6) is 1.33. The van der Waals surface area contributed by atoms with E-state index in [9.17, 15) is 0 Å². The lowest BCUT2D eigenvalue weighted by atomic mass is 10.4. The predicted octanol–water partition coefficient (Wildman–Crippen LogP) is -0.640. The largest absolute Gasteiger partial charge is 0.379 e. The molecular formula is C15H27N7O2. The summed E-state index contributed by atoms with van der Waals surface area (Å²) in [7, 11) is 0. The van der Waals surface area contributed by atoms with Crippen LogP contribution < -0.4 is 10.6 Å². The molecule has 9 heteroatoms. The number of hydrogen-bond acceptors (Lipinski definition) is 9. The summed E-state index contributed by atoms with van der Waals surface area (Å²) in [5.41, 5.74) is 0. The fourth-order valence-electron chi connectivity index (χ4n) is 2.78. The van der Waals surface area contributed by atoms with Crippen LogP contribution in [0, 0.1) is 0 Å². The van der Waals surface area contributed by atoms with E-state index in [1.54, 1.807) is 6.20 Å². The topological polar surface area (TPSA) is 87.7 Å². The SMILES string of the molecule is c1nnc(NCCN2CCOCC2)nc1NCCN1CCOCC1. The molecule has 0 unspecified atom stereocenters. The van der Waals surface area contributed by atoms with Gasteiger partial charge >= 0.3 is 0 Å². The molecule has 0 aliphatic carbocycles. The summed E-state index contributed by atoms with van der Waals surface area (Å²) in [6.07, 6.45) is 1.66. The molecule has 0 saturated carbocycles. The van der Waals surface area contributed by atoms with E-state index in [2.05, 4.69) is 35.6 Å². The Morgan fingerprint density at radius 1 is 0.875 bits per heavy atom. The second kappa shape index (κ2) is 9.67. The van der Waals surface area contributed by atoms with Gasteiger partial charge in [0.2, 0.25) is 5.95 Å². The molecule has 0 spiro atoms. The average molecular weight is 337 g/mol. The van der Waals surface area contributed by atoms with Gasteiger partial charge in [0.25, 0.3) is 0 Å². The van der Waals surface area contributed by atoms with Crippen LogP contribution in [-0.4, -0.2) is 104 Å². The van der Waals surface area contributed by atoms with E-state index in [-0.39, 0.29) is 0 Å². The van der Waals surface area contributed by atoms with Crippen molar-refractivity contribution in [3.63, 3.8) is 0 Å². The Kier molecular flexibility index (Phi) is 6.97. The highest BCUT2D eigenvalue weighted by molar-refractivity contribution is 5.36. The van der Waals surface area contributed by atoms with Gasteiger partial charge in [0.15, 0.2) is 5.82 Å². The van der Waals surface area contributed by atoms with Gasteiger partial charge in [-0.1, -0.05) is 0 Å². The summed E-state index contributed by atoms with van der Waals surface area (Å²) in [5, 5.41) is 14.6. The summed E-state index contributed by atoms with van der Waals surface area (Å²) in [4.78, 5) is 9.21. The van der Waals surface area contributed by atoms with Gasteiger partial charge in [-0.15, -0.1) is 5.10 Å². The second-order valence-corrected chi connectivity index (χ2v) is 5.93. The summed E-state index contributed by atoms with van der Waals surface area (Å²) in [6.45, 7) is 10.9. The van der Waals surface area contributed by atoms with Crippen LogP contribution in [0.25, 0.3) is 0 Å². The van der Waals surface area contributed by atoms with Crippen LogP contribution >= 0.6 is 0 Å². The molecule has 0 atom stereocenters. The van der Waals surface area contributed by atoms with Crippen molar-refractivity contribution in [1.29, 1.82) is 0 Å². The third-order valence-corrected chi connectivity index (χ3v) is 4.21. The van der Waals surface area contributed by atoms with Crippen molar-refractivity contribution in [2.45, 2.75) is 0 Å². The average Bonchev–Trinajstić information content (AvgIpc) is 2.64. The summed E-state index contributed by atoms with van der Waals surface area (Å²) < 4.78 is 10.7. The first-order valence-corrected chi connectivity index (χ1v) is 8.68. The molecule has 1 aromatic heterocycles. The van der Waals surface area contributed by atoms with E-state index < -0.39 is 0 Å². The van der Waals surface area contributed by atoms with Crippen molar-refractivity contribution in [2.24, 2.45) is 0 Å². The van der Waals surface area contributed by atoms with Crippen LogP contribution in [0.5, 0.6) is 0 Å². The Balaban J connectivity index is 1.35. The highest BCUT2D eigenvalue weighted by Gasteiger charge is 2.11. The maximum atomic E-state index is 5.35. The summed E-state index contributed by atoms with van der Waals surface area (Å²) >= 11 is 0. The minimum absolute atomic E-state index is 0.569. The second-order valence-electron chi connectivity index (χ2n) is 5.93. The van der Waals surface area contributed by atoms with Crippen LogP contribution in [0.15, 0.2) is 6.20 Å². The highest BCUT2D eigenvalue weighted by Crippen LogP contribution is 2.04. The molecule has 134 valence electrons. The van der Waals surface area contributed by atoms with Crippen molar-refractivity contribution in [3.05, 3.63) is 6.20 Å². The van der Waals surface area contributed by atoms with Gasteiger partial charge in [0, 0.05) is 52.4 Å². The van der Waals surface area contributed by atoms with E-state index in [0.29, 0.717) is 5.95 Å². The third-order valence-electron chi connectivity index (χ3n) is 4.21. The van der Waals surface area contributed by atoms with Crippen LogP contribution in [-0.2, 0) is 9.47 Å². The van der Waals surface area contributed by atoms with E-state index in [1.807, 2.05) is 0 Å². The fourth-order valence-corrected chi connectivity index (χ4v) is 2.78. The number of aromatic nitrogens is 3. The molecule has 3 rings (SSSR count). The molecule has 9 nitrogen and oxygen atoms in total. The zero-order valence-corrected chi connectivity index (χ0v) is 14.1. The van der Waals surface area contributed by atoms with Gasteiger partial charge in [-0.2, -0.15) is 10.1 Å². The van der Waals surface area contributed by atoms with Gasteiger partial charge in [0.05, 0.1) is 32.6 Å². The molecule has 2 aliphatic rings. The molecule has 24 heavy (non-hydrogen) atoms. The van der Waals surface area contributed by atoms with E-state index in [4.69, 9.17) is 9.47 Å². The van der Waals surface area contributed by atoms with Crippen molar-refractivity contribution < 1.29 is 9.47 Å². The van der Waals surface area contributed by atoms with Crippen LogP contribution in [0.2, 0.25) is 0 Å². The quantitative estimate of drug-likeness (QED) is 0.643. The number of rotatable bonds is 8. The number of nitrogens with zero attached hydrogens (tertiary/aromatic N) is 5. The van der Waals surface area contributed by atoms with Crippen LogP contribution in [0.4, 0.5) is 11.8 Å². The maximum Gasteiger partial charge on any atom is 0.244 e. The molecule has 2 fully saturated rings. The molecule has 2 saturated heterocycles. The zero-order valence-electron chi connectivity index (χ0n) is 14.1. The van der Waals surface area contributed by atoms with Gasteiger partial charge in [-0.3, -0.25) is 9.80 Å². The lowest BCUT2D eigenvalue weighted by molar-refractivity contribution is 0.0398. The third kappa shape index (κ3) is 5.82. The summed E-state index contributed by atoms with van der Waals surface area (Å²) in [6, 6.07) is 0. The number of ether oxygens (including phenoxy) is 2. The van der Waals surface area contributed by atoms with Gasteiger partial charge < -0.3 is 20.1 Å². The van der Waals surface area contributed by atoms with Crippen molar-refractivity contribution >= 4 is 11.8 Å². The number of morpholine rings is 2. The predicted molar refractivity (Wildman–Crippen MR) is 91.3 cm³/mol. The molecule has 3 heterocycles. The van der Waals surface area contributed by atoms with E-state index in [0.717, 1.165) is 84.6 Å². The maximum absolute atomic E-state index is 5.35.